The number of amides is 2. The van der Waals surface area contributed by atoms with Gasteiger partial charge in [-0.3, -0.25) is 9.59 Å². The lowest BCUT2D eigenvalue weighted by Crippen LogP contribution is -2.40. The molecule has 6 nitrogen and oxygen atoms in total. The largest absolute Gasteiger partial charge is 0.478 e. The third-order valence-corrected chi connectivity index (χ3v) is 2.29. The Morgan fingerprint density at radius 3 is 2.42 bits per heavy atom. The highest BCUT2D eigenvalue weighted by Gasteiger charge is 2.16. The normalized spacial score (nSPS) is 11.5. The Morgan fingerprint density at radius 1 is 1.32 bits per heavy atom. The average molecular weight is 268 g/mol. The smallest absolute Gasteiger partial charge is 0.335 e. The first-order valence-electron chi connectivity index (χ1n) is 5.42. The van der Waals surface area contributed by atoms with Crippen LogP contribution in [0, 0.1) is 5.82 Å². The number of aromatic carboxylic acids is 1. The lowest BCUT2D eigenvalue weighted by atomic mass is 10.2. The van der Waals surface area contributed by atoms with Gasteiger partial charge in [-0.1, -0.05) is 0 Å². The molecule has 0 saturated carbocycles. The summed E-state index contributed by atoms with van der Waals surface area (Å²) in [4.78, 5) is 33.0. The molecule has 1 aromatic rings. The van der Waals surface area contributed by atoms with Crippen molar-refractivity contribution in [2.75, 3.05) is 5.32 Å². The topological polar surface area (TPSA) is 95.5 Å². The summed E-state index contributed by atoms with van der Waals surface area (Å²) in [6.45, 7) is 2.70. The first-order valence-corrected chi connectivity index (χ1v) is 5.42. The van der Waals surface area contributed by atoms with E-state index in [9.17, 15) is 18.8 Å². The van der Waals surface area contributed by atoms with E-state index in [1.807, 2.05) is 0 Å². The average Bonchev–Trinajstić information content (AvgIpc) is 2.30. The van der Waals surface area contributed by atoms with E-state index < -0.39 is 23.7 Å². The zero-order chi connectivity index (χ0) is 14.6. The first-order chi connectivity index (χ1) is 8.81. The molecule has 0 heterocycles. The molecular formula is C12H13FN2O4. The molecule has 0 spiro atoms. The van der Waals surface area contributed by atoms with Crippen molar-refractivity contribution >= 4 is 23.5 Å². The molecule has 1 aromatic carbocycles. The molecule has 0 radical (unpaired) electrons. The summed E-state index contributed by atoms with van der Waals surface area (Å²) >= 11 is 0. The van der Waals surface area contributed by atoms with Crippen molar-refractivity contribution in [1.82, 2.24) is 5.32 Å². The van der Waals surface area contributed by atoms with Crippen molar-refractivity contribution in [1.29, 1.82) is 0 Å². The molecule has 0 aliphatic heterocycles. The number of halogens is 1. The van der Waals surface area contributed by atoms with Crippen LogP contribution in [0.1, 0.15) is 24.2 Å². The summed E-state index contributed by atoms with van der Waals surface area (Å²) in [6, 6.07) is 2.30. The van der Waals surface area contributed by atoms with Crippen LogP contribution in [0.25, 0.3) is 0 Å². The van der Waals surface area contributed by atoms with Crippen molar-refractivity contribution in [3.63, 3.8) is 0 Å². The number of rotatable bonds is 4. The number of hydrogen-bond donors (Lipinski definition) is 3. The molecule has 1 atom stereocenters. The van der Waals surface area contributed by atoms with Gasteiger partial charge in [-0.05, 0) is 25.1 Å². The van der Waals surface area contributed by atoms with Gasteiger partial charge in [0.1, 0.15) is 11.9 Å². The number of nitrogens with one attached hydrogen (secondary N) is 2. The molecule has 1 unspecified atom stereocenters. The monoisotopic (exact) mass is 268 g/mol. The highest BCUT2D eigenvalue weighted by molar-refractivity contribution is 5.97. The van der Waals surface area contributed by atoms with Gasteiger partial charge >= 0.3 is 5.97 Å². The standard InChI is InChI=1S/C12H13FN2O4/c1-6(14-7(2)16)11(17)15-10-4-3-8(12(18)19)5-9(10)13/h3-6H,1-2H3,(H,14,16)(H,15,17)(H,18,19). The molecule has 3 N–H and O–H groups in total. The van der Waals surface area contributed by atoms with Crippen LogP contribution in [-0.4, -0.2) is 28.9 Å². The number of anilines is 1. The molecule has 0 fully saturated rings. The van der Waals surface area contributed by atoms with Crippen molar-refractivity contribution in [3.05, 3.63) is 29.6 Å². The van der Waals surface area contributed by atoms with Gasteiger partial charge in [-0.2, -0.15) is 0 Å². The summed E-state index contributed by atoms with van der Waals surface area (Å²) < 4.78 is 13.5. The van der Waals surface area contributed by atoms with Gasteiger partial charge in [0.15, 0.2) is 0 Å². The maximum Gasteiger partial charge on any atom is 0.335 e. The van der Waals surface area contributed by atoms with Crippen LogP contribution in [0.2, 0.25) is 0 Å². The fraction of sp³-hybridized carbons (Fsp3) is 0.250. The molecule has 0 aromatic heterocycles. The number of carbonyl (C=O) groups is 3. The number of benzene rings is 1. The highest BCUT2D eigenvalue weighted by atomic mass is 19.1. The van der Waals surface area contributed by atoms with Crippen molar-refractivity contribution < 1.29 is 23.9 Å². The van der Waals surface area contributed by atoms with Crippen LogP contribution in [0.4, 0.5) is 10.1 Å². The predicted octanol–water partition coefficient (Wildman–Crippen LogP) is 0.987. The van der Waals surface area contributed by atoms with Crippen molar-refractivity contribution in [3.8, 4) is 0 Å². The van der Waals surface area contributed by atoms with E-state index in [1.165, 1.54) is 19.9 Å². The van der Waals surface area contributed by atoms with E-state index in [0.29, 0.717) is 0 Å². The second kappa shape index (κ2) is 5.94. The predicted molar refractivity (Wildman–Crippen MR) is 65.3 cm³/mol. The Bertz CT molecular complexity index is 530. The molecule has 7 heteroatoms. The minimum absolute atomic E-state index is 0.146. The number of carboxylic acids is 1. The number of hydrogen-bond acceptors (Lipinski definition) is 3. The zero-order valence-electron chi connectivity index (χ0n) is 10.4. The lowest BCUT2D eigenvalue weighted by Gasteiger charge is -2.13. The second-order valence-corrected chi connectivity index (χ2v) is 3.91. The van der Waals surface area contributed by atoms with Crippen molar-refractivity contribution in [2.45, 2.75) is 19.9 Å². The van der Waals surface area contributed by atoms with E-state index in [1.54, 1.807) is 0 Å². The summed E-state index contributed by atoms with van der Waals surface area (Å²) in [5, 5.41) is 13.3. The van der Waals surface area contributed by atoms with Gasteiger partial charge in [0.25, 0.3) is 0 Å². The van der Waals surface area contributed by atoms with Gasteiger partial charge < -0.3 is 15.7 Å². The third kappa shape index (κ3) is 4.06. The number of carbonyl (C=O) groups excluding carboxylic acids is 2. The van der Waals surface area contributed by atoms with Crippen LogP contribution in [0.15, 0.2) is 18.2 Å². The maximum absolute atomic E-state index is 13.5. The molecule has 1 rings (SSSR count). The van der Waals surface area contributed by atoms with Gasteiger partial charge in [0.05, 0.1) is 11.3 Å². The van der Waals surface area contributed by atoms with Gasteiger partial charge in [-0.25, -0.2) is 9.18 Å². The Kier molecular flexibility index (Phi) is 4.57. The lowest BCUT2D eigenvalue weighted by molar-refractivity contribution is -0.124. The van der Waals surface area contributed by atoms with E-state index in [4.69, 9.17) is 5.11 Å². The fourth-order valence-corrected chi connectivity index (χ4v) is 1.36. The molecule has 0 saturated heterocycles. The molecule has 0 aliphatic rings. The van der Waals surface area contributed by atoms with Gasteiger partial charge in [-0.15, -0.1) is 0 Å². The van der Waals surface area contributed by atoms with Crippen molar-refractivity contribution in [2.24, 2.45) is 0 Å². The zero-order valence-corrected chi connectivity index (χ0v) is 10.4. The van der Waals surface area contributed by atoms with Gasteiger partial charge in [0.2, 0.25) is 11.8 Å². The highest BCUT2D eigenvalue weighted by Crippen LogP contribution is 2.16. The summed E-state index contributed by atoms with van der Waals surface area (Å²) in [5.41, 5.74) is -0.363. The SMILES string of the molecule is CC(=O)NC(C)C(=O)Nc1ccc(C(=O)O)cc1F. The molecule has 102 valence electrons. The molecule has 0 bridgehead atoms. The van der Waals surface area contributed by atoms with E-state index in [2.05, 4.69) is 10.6 Å². The maximum atomic E-state index is 13.5. The Balaban J connectivity index is 2.80. The van der Waals surface area contributed by atoms with Crippen LogP contribution in [-0.2, 0) is 9.59 Å². The summed E-state index contributed by atoms with van der Waals surface area (Å²) in [5.74, 6) is -3.10. The Hall–Kier alpha value is -2.44. The molecular weight excluding hydrogens is 255 g/mol. The first kappa shape index (κ1) is 14.6. The van der Waals surface area contributed by atoms with E-state index in [-0.39, 0.29) is 17.2 Å². The summed E-state index contributed by atoms with van der Waals surface area (Å²) in [7, 11) is 0. The quantitative estimate of drug-likeness (QED) is 0.758. The minimum Gasteiger partial charge on any atom is -0.478 e. The fourth-order valence-electron chi connectivity index (χ4n) is 1.36. The van der Waals surface area contributed by atoms with Crippen LogP contribution in [0.3, 0.4) is 0 Å². The molecule has 2 amide bonds. The van der Waals surface area contributed by atoms with E-state index >= 15 is 0 Å². The summed E-state index contributed by atoms with van der Waals surface area (Å²) in [6.07, 6.45) is 0. The van der Waals surface area contributed by atoms with Gasteiger partial charge in [0, 0.05) is 6.92 Å². The number of carboxylic acid groups (broad SMARTS) is 1. The second-order valence-electron chi connectivity index (χ2n) is 3.91. The molecule has 19 heavy (non-hydrogen) atoms. The Labute approximate surface area is 108 Å². The minimum atomic E-state index is -1.26. The van der Waals surface area contributed by atoms with Crippen LogP contribution < -0.4 is 10.6 Å². The Morgan fingerprint density at radius 2 is 1.95 bits per heavy atom. The van der Waals surface area contributed by atoms with Crippen LogP contribution in [0.5, 0.6) is 0 Å². The van der Waals surface area contributed by atoms with Crippen LogP contribution >= 0.6 is 0 Å². The molecule has 0 aliphatic carbocycles. The third-order valence-electron chi connectivity index (χ3n) is 2.29. The van der Waals surface area contributed by atoms with E-state index in [0.717, 1.165) is 12.1 Å².